The van der Waals surface area contributed by atoms with Gasteiger partial charge in [-0.1, -0.05) is 13.3 Å². The average molecular weight is 163 g/mol. The first kappa shape index (κ1) is 9.65. The lowest BCUT2D eigenvalue weighted by Crippen LogP contribution is -1.85. The molecule has 1 unspecified atom stereocenters. The van der Waals surface area contributed by atoms with Crippen molar-refractivity contribution >= 4 is 11.4 Å². The van der Waals surface area contributed by atoms with Gasteiger partial charge in [0.15, 0.2) is 0 Å². The summed E-state index contributed by atoms with van der Waals surface area (Å²) >= 11 is -2.41. The van der Waals surface area contributed by atoms with Gasteiger partial charge in [0.05, 0.1) is 6.26 Å². The predicted octanol–water partition coefficient (Wildman–Crippen LogP) is 1.50. The van der Waals surface area contributed by atoms with Crippen molar-refractivity contribution in [1.82, 2.24) is 0 Å². The van der Waals surface area contributed by atoms with Gasteiger partial charge in [-0.3, -0.25) is 0 Å². The topological polar surface area (TPSA) is 49.4 Å². The lowest BCUT2D eigenvalue weighted by Gasteiger charge is -1.99. The molecule has 0 saturated heterocycles. The minimum Gasteiger partial charge on any atom is -0.740 e. The Hall–Kier alpha value is -0.350. The summed E-state index contributed by atoms with van der Waals surface area (Å²) in [5.41, 5.74) is 0. The molecule has 0 aliphatic carbocycles. The van der Waals surface area contributed by atoms with E-state index in [2.05, 4.69) is 11.1 Å². The highest BCUT2D eigenvalue weighted by Crippen LogP contribution is 1.95. The Morgan fingerprint density at radius 2 is 2.40 bits per heavy atom. The van der Waals surface area contributed by atoms with E-state index in [4.69, 9.17) is 0 Å². The highest BCUT2D eigenvalue weighted by molar-refractivity contribution is 7.74. The summed E-state index contributed by atoms with van der Waals surface area (Å²) < 4.78 is 23.6. The van der Waals surface area contributed by atoms with Crippen LogP contribution in [0.15, 0.2) is 12.3 Å². The molecule has 0 aliphatic heterocycles. The van der Waals surface area contributed by atoms with E-state index >= 15 is 0 Å². The second kappa shape index (κ2) is 6.77. The van der Waals surface area contributed by atoms with E-state index in [0.29, 0.717) is 0 Å². The van der Waals surface area contributed by atoms with Crippen LogP contribution in [-0.2, 0) is 15.5 Å². The molecule has 10 heavy (non-hydrogen) atoms. The van der Waals surface area contributed by atoms with Crippen molar-refractivity contribution in [3.8, 4) is 0 Å². The van der Waals surface area contributed by atoms with Crippen LogP contribution in [0.25, 0.3) is 0 Å². The van der Waals surface area contributed by atoms with Crippen LogP contribution in [0.2, 0.25) is 0 Å². The van der Waals surface area contributed by atoms with Gasteiger partial charge in [0.25, 0.3) is 0 Å². The first-order chi connectivity index (χ1) is 4.77. The molecule has 0 fully saturated rings. The monoisotopic (exact) mass is 163 g/mol. The van der Waals surface area contributed by atoms with Gasteiger partial charge in [-0.2, -0.15) is 0 Å². The number of rotatable bonds is 5. The first-order valence-corrected chi connectivity index (χ1v) is 4.18. The second-order valence-corrected chi connectivity index (χ2v) is 2.42. The molecule has 0 rings (SSSR count). The van der Waals surface area contributed by atoms with Gasteiger partial charge in [-0.25, -0.2) is 4.21 Å². The Morgan fingerprint density at radius 3 is 2.90 bits per heavy atom. The molecule has 0 heterocycles. The van der Waals surface area contributed by atoms with E-state index in [1.807, 2.05) is 0 Å². The molecule has 1 atom stereocenters. The quantitative estimate of drug-likeness (QED) is 0.350. The first-order valence-electron chi connectivity index (χ1n) is 3.18. The molecule has 0 bridgehead atoms. The summed E-state index contributed by atoms with van der Waals surface area (Å²) in [5, 5.41) is 0. The van der Waals surface area contributed by atoms with Crippen molar-refractivity contribution in [1.29, 1.82) is 0 Å². The molecule has 3 nitrogen and oxygen atoms in total. The zero-order chi connectivity index (χ0) is 7.82. The van der Waals surface area contributed by atoms with E-state index < -0.39 is 11.4 Å². The predicted molar refractivity (Wildman–Crippen MR) is 38.7 cm³/mol. The van der Waals surface area contributed by atoms with Crippen LogP contribution < -0.4 is 0 Å². The smallest absolute Gasteiger partial charge is 0.138 e. The maximum Gasteiger partial charge on any atom is 0.138 e. The van der Waals surface area contributed by atoms with E-state index in [1.54, 1.807) is 6.08 Å². The highest BCUT2D eigenvalue weighted by Gasteiger charge is 1.77. The molecule has 0 aromatic carbocycles. The Morgan fingerprint density at radius 1 is 1.70 bits per heavy atom. The van der Waals surface area contributed by atoms with Crippen molar-refractivity contribution in [2.75, 3.05) is 0 Å². The maximum atomic E-state index is 9.76. The largest absolute Gasteiger partial charge is 0.740 e. The minimum atomic E-state index is -2.41. The second-order valence-electron chi connectivity index (χ2n) is 1.81. The Labute approximate surface area is 63.6 Å². The fourth-order valence-electron chi connectivity index (χ4n) is 0.475. The molecule has 0 N–H and O–H groups in total. The molecule has 0 saturated carbocycles. The molecule has 0 aliphatic rings. The van der Waals surface area contributed by atoms with Gasteiger partial charge in [0, 0.05) is 0 Å². The number of unbranched alkanes of at least 4 members (excludes halogenated alkanes) is 2. The van der Waals surface area contributed by atoms with Gasteiger partial charge in [0.2, 0.25) is 0 Å². The SMILES string of the molecule is CCCCC=COS(=O)[O-]. The highest BCUT2D eigenvalue weighted by atomic mass is 32.2. The van der Waals surface area contributed by atoms with Gasteiger partial charge in [-0.05, 0) is 18.9 Å². The van der Waals surface area contributed by atoms with E-state index in [1.165, 1.54) is 6.26 Å². The molecular formula is C6H11O3S-. The van der Waals surface area contributed by atoms with Crippen LogP contribution in [0.5, 0.6) is 0 Å². The Balaban J connectivity index is 3.12. The van der Waals surface area contributed by atoms with Crippen LogP contribution in [0.4, 0.5) is 0 Å². The lowest BCUT2D eigenvalue weighted by atomic mass is 10.2. The number of hydrogen-bond donors (Lipinski definition) is 0. The van der Waals surface area contributed by atoms with Crippen LogP contribution in [0.1, 0.15) is 26.2 Å². The van der Waals surface area contributed by atoms with E-state index in [0.717, 1.165) is 19.3 Å². The fourth-order valence-corrected chi connectivity index (χ4v) is 0.644. The van der Waals surface area contributed by atoms with Crippen LogP contribution in [0, 0.1) is 0 Å². The molecule has 60 valence electrons. The van der Waals surface area contributed by atoms with Crippen molar-refractivity contribution in [3.63, 3.8) is 0 Å². The van der Waals surface area contributed by atoms with Crippen molar-refractivity contribution in [2.45, 2.75) is 26.2 Å². The van der Waals surface area contributed by atoms with Crippen LogP contribution in [0.3, 0.4) is 0 Å². The average Bonchev–Trinajstić information content (AvgIpc) is 1.87. The molecule has 4 heteroatoms. The summed E-state index contributed by atoms with van der Waals surface area (Å²) in [5.74, 6) is 0. The third-order valence-electron chi connectivity index (χ3n) is 0.955. The Bertz CT molecular complexity index is 122. The standard InChI is InChI=1S/C6H12O3S/c1-2-3-4-5-6-9-10(7)8/h5-6H,2-4H2,1H3,(H,7,8)/p-1. The third kappa shape index (κ3) is 7.65. The zero-order valence-electron chi connectivity index (χ0n) is 5.91. The summed E-state index contributed by atoms with van der Waals surface area (Å²) in [6.07, 6.45) is 5.92. The molecule has 0 radical (unpaired) electrons. The maximum absolute atomic E-state index is 9.76. The Kier molecular flexibility index (Phi) is 6.53. The number of hydrogen-bond acceptors (Lipinski definition) is 3. The third-order valence-corrected chi connectivity index (χ3v) is 1.22. The fraction of sp³-hybridized carbons (Fsp3) is 0.667. The molecule has 0 amide bonds. The van der Waals surface area contributed by atoms with Gasteiger partial charge < -0.3 is 8.74 Å². The zero-order valence-corrected chi connectivity index (χ0v) is 6.73. The van der Waals surface area contributed by atoms with E-state index in [-0.39, 0.29) is 0 Å². The van der Waals surface area contributed by atoms with Crippen molar-refractivity contribution in [3.05, 3.63) is 12.3 Å². The van der Waals surface area contributed by atoms with Crippen LogP contribution in [-0.4, -0.2) is 8.76 Å². The van der Waals surface area contributed by atoms with Crippen molar-refractivity contribution < 1.29 is 12.9 Å². The summed E-state index contributed by atoms with van der Waals surface area (Å²) in [7, 11) is 0. The van der Waals surface area contributed by atoms with Gasteiger partial charge in [0.1, 0.15) is 11.4 Å². The summed E-state index contributed by atoms with van der Waals surface area (Å²) in [6.45, 7) is 2.07. The lowest BCUT2D eigenvalue weighted by molar-refractivity contribution is 0.404. The van der Waals surface area contributed by atoms with E-state index in [9.17, 15) is 8.76 Å². The normalized spacial score (nSPS) is 13.8. The van der Waals surface area contributed by atoms with Gasteiger partial charge in [-0.15, -0.1) is 0 Å². The molecule has 0 aromatic rings. The molecule has 0 aromatic heterocycles. The molecule has 0 spiro atoms. The minimum absolute atomic E-state index is 0.869. The van der Waals surface area contributed by atoms with Crippen molar-refractivity contribution in [2.24, 2.45) is 0 Å². The summed E-state index contributed by atoms with van der Waals surface area (Å²) in [4.78, 5) is 0. The summed E-state index contributed by atoms with van der Waals surface area (Å²) in [6, 6.07) is 0. The molecular weight excluding hydrogens is 152 g/mol. The van der Waals surface area contributed by atoms with Gasteiger partial charge >= 0.3 is 0 Å². The van der Waals surface area contributed by atoms with Crippen LogP contribution >= 0.6 is 0 Å². The number of allylic oxidation sites excluding steroid dienone is 1.